The molecule has 0 aromatic carbocycles. The number of aliphatic hydroxyl groups is 1. The van der Waals surface area contributed by atoms with Crippen molar-refractivity contribution in [3.63, 3.8) is 0 Å². The van der Waals surface area contributed by atoms with Crippen molar-refractivity contribution in [1.82, 2.24) is 9.80 Å². The van der Waals surface area contributed by atoms with Crippen LogP contribution in [0.5, 0.6) is 0 Å². The second kappa shape index (κ2) is 13.2. The van der Waals surface area contributed by atoms with E-state index in [9.17, 15) is 29.4 Å². The number of Topliss-reactive ketones (excluding diaryl/α,β-unsaturated/α-hetero) is 1. The molecule has 1 saturated heterocycles. The zero-order chi connectivity index (χ0) is 38.4. The lowest BCUT2D eigenvalue weighted by Crippen LogP contribution is -2.66. The number of fused-ring (bicyclic) bond motifs is 7. The first-order valence-electron chi connectivity index (χ1n) is 20.4. The van der Waals surface area contributed by atoms with Gasteiger partial charge >= 0.3 is 11.9 Å². The largest absolute Gasteiger partial charge is 0.481 e. The van der Waals surface area contributed by atoms with Crippen molar-refractivity contribution in [2.24, 2.45) is 56.2 Å². The van der Waals surface area contributed by atoms with Crippen molar-refractivity contribution in [1.29, 1.82) is 0 Å². The van der Waals surface area contributed by atoms with Crippen LogP contribution in [0.1, 0.15) is 133 Å². The highest BCUT2D eigenvalue weighted by atomic mass is 16.5. The predicted molar refractivity (Wildman–Crippen MR) is 200 cm³/mol. The zero-order valence-corrected chi connectivity index (χ0v) is 33.9. The highest BCUT2D eigenvalue weighted by Crippen LogP contribution is 2.77. The molecule has 1 amide bonds. The lowest BCUT2D eigenvalue weighted by molar-refractivity contribution is -0.235. The van der Waals surface area contributed by atoms with E-state index >= 15 is 0 Å². The number of aliphatic carboxylic acids is 1. The van der Waals surface area contributed by atoms with Crippen molar-refractivity contribution in [3.8, 4) is 0 Å². The Morgan fingerprint density at radius 2 is 1.54 bits per heavy atom. The number of carboxylic acids is 1. The summed E-state index contributed by atoms with van der Waals surface area (Å²) in [4.78, 5) is 55.1. The Morgan fingerprint density at radius 1 is 0.885 bits per heavy atom. The van der Waals surface area contributed by atoms with E-state index in [2.05, 4.69) is 53.4 Å². The van der Waals surface area contributed by atoms with Crippen LogP contribution >= 0.6 is 0 Å². The van der Waals surface area contributed by atoms with Gasteiger partial charge in [0.2, 0.25) is 5.91 Å². The molecule has 6 aliphatic rings. The monoisotopic (exact) mass is 725 g/mol. The molecule has 1 unspecified atom stereocenters. The van der Waals surface area contributed by atoms with Crippen molar-refractivity contribution >= 4 is 23.6 Å². The molecule has 5 fully saturated rings. The van der Waals surface area contributed by atoms with E-state index in [1.54, 1.807) is 20.8 Å². The quantitative estimate of drug-likeness (QED) is 0.259. The second-order valence-corrected chi connectivity index (χ2v) is 20.4. The van der Waals surface area contributed by atoms with Gasteiger partial charge in [0, 0.05) is 56.9 Å². The van der Waals surface area contributed by atoms with Crippen LogP contribution in [-0.2, 0) is 23.9 Å². The Morgan fingerprint density at radius 3 is 2.13 bits per heavy atom. The molecule has 4 saturated carbocycles. The Bertz CT molecular complexity index is 1510. The SMILES string of the molecule is CC(=O)N1CCN(C[C@@H](O)[C@@]23CC[C@]4(C)[C@H](CCC5[C@@]6(C)CC[C@H](OC(=O)CC(C)(C)C(=O)O)C(C)(C)[C@@H]6CC[C@]54C)C2=C(C(C)C)C(=O)C3)CC1. The van der Waals surface area contributed by atoms with Crippen molar-refractivity contribution < 1.29 is 34.1 Å². The molecule has 52 heavy (non-hydrogen) atoms. The molecule has 5 aliphatic carbocycles. The molecule has 0 aromatic heterocycles. The van der Waals surface area contributed by atoms with E-state index in [0.29, 0.717) is 37.9 Å². The van der Waals surface area contributed by atoms with Crippen LogP contribution in [0.3, 0.4) is 0 Å². The number of nitrogens with zero attached hydrogens (tertiary/aromatic N) is 2. The predicted octanol–water partition coefficient (Wildman–Crippen LogP) is 6.90. The number of allylic oxidation sites excluding steroid dienone is 1. The van der Waals surface area contributed by atoms with Crippen molar-refractivity contribution in [2.75, 3.05) is 32.7 Å². The Labute approximate surface area is 312 Å². The summed E-state index contributed by atoms with van der Waals surface area (Å²) in [6, 6.07) is 0. The smallest absolute Gasteiger partial charge is 0.309 e. The van der Waals surface area contributed by atoms with Gasteiger partial charge in [-0.25, -0.2) is 0 Å². The molecule has 0 bridgehead atoms. The number of esters is 1. The summed E-state index contributed by atoms with van der Waals surface area (Å²) in [5.74, 6) is 0.125. The van der Waals surface area contributed by atoms with Crippen LogP contribution in [0.15, 0.2) is 11.1 Å². The van der Waals surface area contributed by atoms with Gasteiger partial charge < -0.3 is 19.8 Å². The number of carboxylic acid groups (broad SMARTS) is 1. The highest BCUT2D eigenvalue weighted by molar-refractivity contribution is 6.00. The fraction of sp³-hybridized carbons (Fsp3) is 0.860. The van der Waals surface area contributed by atoms with Crippen LogP contribution in [0.4, 0.5) is 0 Å². The number of carbonyl (C=O) groups is 4. The Balaban J connectivity index is 1.27. The van der Waals surface area contributed by atoms with E-state index < -0.39 is 28.9 Å². The number of carbonyl (C=O) groups excluding carboxylic acids is 3. The Kier molecular flexibility index (Phi) is 10.0. The van der Waals surface area contributed by atoms with E-state index in [0.717, 1.165) is 70.0 Å². The van der Waals surface area contributed by atoms with Gasteiger partial charge in [0.25, 0.3) is 0 Å². The van der Waals surface area contributed by atoms with Gasteiger partial charge in [-0.3, -0.25) is 24.1 Å². The molecule has 1 aliphatic heterocycles. The molecule has 0 spiro atoms. The number of piperazine rings is 1. The maximum absolute atomic E-state index is 14.1. The molecule has 0 radical (unpaired) electrons. The lowest BCUT2D eigenvalue weighted by atomic mass is 9.33. The summed E-state index contributed by atoms with van der Waals surface area (Å²) in [5.41, 5.74) is 0.438. The molecular formula is C43H68N2O7. The topological polar surface area (TPSA) is 124 Å². The summed E-state index contributed by atoms with van der Waals surface area (Å²) in [5, 5.41) is 21.9. The number of β-amino-alcohol motifs (C(OH)–C–C–N with tert-alkyl or cyclic N) is 1. The first-order chi connectivity index (χ1) is 24.0. The van der Waals surface area contributed by atoms with E-state index in [1.165, 1.54) is 5.57 Å². The normalized spacial score (nSPS) is 39.7. The minimum absolute atomic E-state index is 0.0177. The summed E-state index contributed by atoms with van der Waals surface area (Å²) in [6.07, 6.45) is 7.19. The number of ketones is 1. The average molecular weight is 725 g/mol. The van der Waals surface area contributed by atoms with Crippen LogP contribution in [0, 0.1) is 56.2 Å². The van der Waals surface area contributed by atoms with Crippen LogP contribution in [0.25, 0.3) is 0 Å². The molecule has 9 heteroatoms. The number of rotatable bonds is 8. The highest BCUT2D eigenvalue weighted by Gasteiger charge is 2.71. The molecule has 1 heterocycles. The first-order valence-corrected chi connectivity index (χ1v) is 20.4. The molecule has 292 valence electrons. The van der Waals surface area contributed by atoms with Crippen LogP contribution in [-0.4, -0.2) is 88.6 Å². The summed E-state index contributed by atoms with van der Waals surface area (Å²) < 4.78 is 6.16. The molecule has 2 N–H and O–H groups in total. The van der Waals surface area contributed by atoms with E-state index in [1.807, 2.05) is 4.90 Å². The number of hydrogen-bond donors (Lipinski definition) is 2. The minimum atomic E-state index is -1.17. The number of ether oxygens (including phenoxy) is 1. The number of amides is 1. The third-order valence-corrected chi connectivity index (χ3v) is 16.7. The number of hydrogen-bond acceptors (Lipinski definition) is 7. The molecule has 0 aromatic rings. The fourth-order valence-corrected chi connectivity index (χ4v) is 13.6. The maximum Gasteiger partial charge on any atom is 0.309 e. The molecule has 6 rings (SSSR count). The molecule has 9 nitrogen and oxygen atoms in total. The van der Waals surface area contributed by atoms with E-state index in [-0.39, 0.29) is 57.7 Å². The van der Waals surface area contributed by atoms with Gasteiger partial charge in [-0.05, 0) is 111 Å². The van der Waals surface area contributed by atoms with Gasteiger partial charge in [-0.2, -0.15) is 0 Å². The first kappa shape index (κ1) is 39.4. The van der Waals surface area contributed by atoms with Gasteiger partial charge in [0.05, 0.1) is 17.9 Å². The summed E-state index contributed by atoms with van der Waals surface area (Å²) in [6.45, 7) is 24.6. The van der Waals surface area contributed by atoms with Gasteiger partial charge in [0.15, 0.2) is 5.78 Å². The van der Waals surface area contributed by atoms with Gasteiger partial charge in [-0.15, -0.1) is 0 Å². The second-order valence-electron chi connectivity index (χ2n) is 20.4. The maximum atomic E-state index is 14.1. The third kappa shape index (κ3) is 5.92. The molecule has 9 atom stereocenters. The third-order valence-electron chi connectivity index (χ3n) is 16.7. The standard InChI is InChI=1S/C43H68N2O7/c1-26(2)35-29(47)23-43(32(48)25-44-19-21-45(22-20-44)27(3)46)18-17-41(9)28(36(35)43)11-12-31-40(8)15-14-33(52-34(49)24-38(4,5)37(50)51)39(6,7)30(40)13-16-42(31,41)10/h26,28,30-33,48H,11-25H2,1-10H3,(H,50,51)/t28-,30+,31?,32-,33+,40+,41-,42-,43+/m1/s1. The van der Waals surface area contributed by atoms with Crippen LogP contribution < -0.4 is 0 Å². The van der Waals surface area contributed by atoms with Crippen molar-refractivity contribution in [3.05, 3.63) is 11.1 Å². The molecular weight excluding hydrogens is 656 g/mol. The summed E-state index contributed by atoms with van der Waals surface area (Å²) in [7, 11) is 0. The lowest BCUT2D eigenvalue weighted by Gasteiger charge is -2.72. The minimum Gasteiger partial charge on any atom is -0.481 e. The average Bonchev–Trinajstić information content (AvgIpc) is 3.36. The van der Waals surface area contributed by atoms with Crippen LogP contribution in [0.2, 0.25) is 0 Å². The zero-order valence-electron chi connectivity index (χ0n) is 33.9. The van der Waals surface area contributed by atoms with Gasteiger partial charge in [-0.1, -0.05) is 54.0 Å². The Hall–Kier alpha value is -2.26. The van der Waals surface area contributed by atoms with Gasteiger partial charge in [0.1, 0.15) is 6.10 Å². The van der Waals surface area contributed by atoms with Crippen molar-refractivity contribution in [2.45, 2.75) is 146 Å². The van der Waals surface area contributed by atoms with E-state index in [4.69, 9.17) is 4.74 Å². The number of aliphatic hydroxyl groups excluding tert-OH is 1. The fourth-order valence-electron chi connectivity index (χ4n) is 13.6. The summed E-state index contributed by atoms with van der Waals surface area (Å²) >= 11 is 0.